The van der Waals surface area contributed by atoms with Crippen molar-refractivity contribution in [1.29, 1.82) is 0 Å². The average molecular weight is 233 g/mol. The number of hydrogen-bond donors (Lipinski definition) is 1. The van der Waals surface area contributed by atoms with Crippen LogP contribution >= 0.6 is 0 Å². The summed E-state index contributed by atoms with van der Waals surface area (Å²) in [5.41, 5.74) is 1.82. The van der Waals surface area contributed by atoms with Gasteiger partial charge in [0.25, 0.3) is 0 Å². The van der Waals surface area contributed by atoms with Crippen LogP contribution in [0.15, 0.2) is 24.3 Å². The highest BCUT2D eigenvalue weighted by Crippen LogP contribution is 2.12. The van der Waals surface area contributed by atoms with Crippen LogP contribution in [0.2, 0.25) is 0 Å². The first-order valence-corrected chi connectivity index (χ1v) is 5.84. The zero-order valence-electron chi connectivity index (χ0n) is 11.2. The number of hydrogen-bond acceptors (Lipinski definition) is 2. The molecule has 0 aromatic heterocycles. The lowest BCUT2D eigenvalue weighted by Gasteiger charge is -2.22. The monoisotopic (exact) mass is 233 g/mol. The zero-order valence-corrected chi connectivity index (χ0v) is 11.2. The van der Waals surface area contributed by atoms with Crippen molar-refractivity contribution in [3.63, 3.8) is 0 Å². The summed E-state index contributed by atoms with van der Waals surface area (Å²) in [6.45, 7) is 7.49. The van der Waals surface area contributed by atoms with Crippen molar-refractivity contribution in [2.45, 2.75) is 39.3 Å². The Morgan fingerprint density at radius 2 is 1.82 bits per heavy atom. The number of benzene rings is 1. The minimum atomic E-state index is -0.461. The normalized spacial score (nSPS) is 12.9. The fraction of sp³-hybridized carbons (Fsp3) is 0.462. The van der Waals surface area contributed by atoms with E-state index in [1.165, 1.54) is 5.46 Å². The zero-order chi connectivity index (χ0) is 13.1. The Bertz CT molecular complexity index is 381. The summed E-state index contributed by atoms with van der Waals surface area (Å²) in [7, 11) is 2.04. The molecule has 1 atom stereocenters. The van der Waals surface area contributed by atoms with E-state index in [0.717, 1.165) is 5.56 Å². The number of carbonyl (C=O) groups is 1. The predicted molar refractivity (Wildman–Crippen MR) is 72.4 cm³/mol. The van der Waals surface area contributed by atoms with Gasteiger partial charge in [0.2, 0.25) is 0 Å². The molecule has 3 nitrogen and oxygen atoms in total. The van der Waals surface area contributed by atoms with E-state index in [-0.39, 0.29) is 12.1 Å². The summed E-state index contributed by atoms with van der Waals surface area (Å²) in [5.74, 6) is 0. The molecule has 4 heteroatoms. The number of alkyl carbamates (subject to hydrolysis) is 1. The number of ether oxygens (including phenoxy) is 1. The fourth-order valence-corrected chi connectivity index (χ4v) is 1.42. The van der Waals surface area contributed by atoms with Gasteiger partial charge >= 0.3 is 6.09 Å². The van der Waals surface area contributed by atoms with Crippen molar-refractivity contribution in [2.75, 3.05) is 0 Å². The molecule has 92 valence electrons. The predicted octanol–water partition coefficient (Wildman–Crippen LogP) is 1.53. The Morgan fingerprint density at radius 1 is 1.29 bits per heavy atom. The van der Waals surface area contributed by atoms with Crippen LogP contribution in [0.3, 0.4) is 0 Å². The van der Waals surface area contributed by atoms with Gasteiger partial charge in [-0.3, -0.25) is 0 Å². The average Bonchev–Trinajstić information content (AvgIpc) is 2.15. The molecule has 0 aliphatic carbocycles. The molecule has 0 heterocycles. The number of carbonyl (C=O) groups excluding carboxylic acids is 1. The van der Waals surface area contributed by atoms with Gasteiger partial charge in [0, 0.05) is 0 Å². The van der Waals surface area contributed by atoms with Crippen LogP contribution in [0.5, 0.6) is 0 Å². The first-order chi connectivity index (χ1) is 7.78. The summed E-state index contributed by atoms with van der Waals surface area (Å²) in [6.07, 6.45) is -0.384. The lowest BCUT2D eigenvalue weighted by Crippen LogP contribution is -2.34. The van der Waals surface area contributed by atoms with Gasteiger partial charge in [-0.2, -0.15) is 0 Å². The van der Waals surface area contributed by atoms with E-state index < -0.39 is 5.60 Å². The Labute approximate surface area is 104 Å². The van der Waals surface area contributed by atoms with Gasteiger partial charge in [0.1, 0.15) is 13.4 Å². The second-order valence-corrected chi connectivity index (χ2v) is 5.28. The molecule has 0 bridgehead atoms. The molecule has 1 N–H and O–H groups in total. The molecule has 0 fully saturated rings. The molecule has 0 spiro atoms. The van der Waals surface area contributed by atoms with Gasteiger partial charge in [-0.1, -0.05) is 29.7 Å². The molecule has 17 heavy (non-hydrogen) atoms. The lowest BCUT2D eigenvalue weighted by atomic mass is 9.94. The Morgan fingerprint density at radius 3 is 2.29 bits per heavy atom. The standard InChI is InChI=1S/C13H20BNO2/c1-9(10-5-7-11(14)8-6-10)15-12(16)17-13(2,3)4/h5-9H,14H2,1-4H3,(H,15,16). The van der Waals surface area contributed by atoms with Crippen LogP contribution in [0.25, 0.3) is 0 Å². The summed E-state index contributed by atoms with van der Waals surface area (Å²) in [5, 5.41) is 2.81. The molecular formula is C13H20BNO2. The van der Waals surface area contributed by atoms with E-state index in [9.17, 15) is 4.79 Å². The van der Waals surface area contributed by atoms with Crippen molar-refractivity contribution in [1.82, 2.24) is 5.32 Å². The quantitative estimate of drug-likeness (QED) is 0.786. The largest absolute Gasteiger partial charge is 0.444 e. The number of rotatable bonds is 2. The maximum absolute atomic E-state index is 11.6. The smallest absolute Gasteiger partial charge is 0.408 e. The van der Waals surface area contributed by atoms with E-state index in [0.29, 0.717) is 0 Å². The maximum atomic E-state index is 11.6. The maximum Gasteiger partial charge on any atom is 0.408 e. The first kappa shape index (κ1) is 13.6. The summed E-state index contributed by atoms with van der Waals surface area (Å²) in [4.78, 5) is 11.6. The molecule has 1 amide bonds. The minimum absolute atomic E-state index is 0.0505. The Balaban J connectivity index is 2.57. The molecule has 0 saturated carbocycles. The third kappa shape index (κ3) is 4.94. The van der Waals surface area contributed by atoms with Crippen LogP contribution in [0.4, 0.5) is 4.79 Å². The summed E-state index contributed by atoms with van der Waals surface area (Å²) < 4.78 is 5.20. The molecule has 1 rings (SSSR count). The van der Waals surface area contributed by atoms with Crippen LogP contribution in [0, 0.1) is 0 Å². The molecule has 0 saturated heterocycles. The second-order valence-electron chi connectivity index (χ2n) is 5.28. The Kier molecular flexibility index (Phi) is 4.21. The molecule has 0 aliphatic rings. The van der Waals surface area contributed by atoms with E-state index in [1.54, 1.807) is 0 Å². The molecule has 0 aliphatic heterocycles. The summed E-state index contributed by atoms with van der Waals surface area (Å²) in [6, 6.07) is 8.03. The Hall–Kier alpha value is -1.45. The summed E-state index contributed by atoms with van der Waals surface area (Å²) >= 11 is 0. The highest BCUT2D eigenvalue weighted by atomic mass is 16.6. The molecule has 1 aromatic carbocycles. The molecule has 1 unspecified atom stereocenters. The third-order valence-electron chi connectivity index (χ3n) is 2.31. The third-order valence-corrected chi connectivity index (χ3v) is 2.31. The SMILES string of the molecule is Bc1ccc(C(C)NC(=O)OC(C)(C)C)cc1. The van der Waals surface area contributed by atoms with Crippen molar-refractivity contribution >= 4 is 19.4 Å². The van der Waals surface area contributed by atoms with Gasteiger partial charge in [0.05, 0.1) is 6.04 Å². The van der Waals surface area contributed by atoms with Crippen molar-refractivity contribution in [2.24, 2.45) is 0 Å². The van der Waals surface area contributed by atoms with E-state index in [1.807, 2.05) is 59.8 Å². The van der Waals surface area contributed by atoms with Crippen LogP contribution in [-0.4, -0.2) is 19.5 Å². The molecule has 1 aromatic rings. The van der Waals surface area contributed by atoms with Crippen molar-refractivity contribution in [3.05, 3.63) is 29.8 Å². The lowest BCUT2D eigenvalue weighted by molar-refractivity contribution is 0.0508. The van der Waals surface area contributed by atoms with Crippen LogP contribution in [0.1, 0.15) is 39.3 Å². The van der Waals surface area contributed by atoms with Crippen molar-refractivity contribution < 1.29 is 9.53 Å². The van der Waals surface area contributed by atoms with Crippen LogP contribution < -0.4 is 10.8 Å². The van der Waals surface area contributed by atoms with E-state index in [4.69, 9.17) is 4.74 Å². The first-order valence-electron chi connectivity index (χ1n) is 5.84. The highest BCUT2D eigenvalue weighted by Gasteiger charge is 2.18. The number of nitrogens with one attached hydrogen (secondary N) is 1. The van der Waals surface area contributed by atoms with Gasteiger partial charge in [-0.05, 0) is 33.3 Å². The minimum Gasteiger partial charge on any atom is -0.444 e. The van der Waals surface area contributed by atoms with E-state index in [2.05, 4.69) is 5.32 Å². The molecular weight excluding hydrogens is 213 g/mol. The van der Waals surface area contributed by atoms with Gasteiger partial charge in [0.15, 0.2) is 0 Å². The second kappa shape index (κ2) is 5.26. The van der Waals surface area contributed by atoms with Gasteiger partial charge in [-0.15, -0.1) is 0 Å². The topological polar surface area (TPSA) is 38.3 Å². The highest BCUT2D eigenvalue weighted by molar-refractivity contribution is 6.32. The van der Waals surface area contributed by atoms with Crippen molar-refractivity contribution in [3.8, 4) is 0 Å². The number of amides is 1. The van der Waals surface area contributed by atoms with Crippen LogP contribution in [-0.2, 0) is 4.74 Å². The molecule has 0 radical (unpaired) electrons. The fourth-order valence-electron chi connectivity index (χ4n) is 1.42. The van der Waals surface area contributed by atoms with Gasteiger partial charge in [-0.25, -0.2) is 4.79 Å². The van der Waals surface area contributed by atoms with Gasteiger partial charge < -0.3 is 10.1 Å². The van der Waals surface area contributed by atoms with E-state index >= 15 is 0 Å².